The molecule has 0 amide bonds. The molecule has 0 saturated heterocycles. The quantitative estimate of drug-likeness (QED) is 0.673. The largest absolute Gasteiger partial charge is 0.434 e. The Hall–Kier alpha value is -0.820. The second-order valence-corrected chi connectivity index (χ2v) is 6.35. The highest BCUT2D eigenvalue weighted by Gasteiger charge is 2.81. The number of aliphatic hydroxyl groups is 1. The van der Waals surface area contributed by atoms with Gasteiger partial charge in [-0.15, -0.1) is 0 Å². The van der Waals surface area contributed by atoms with Gasteiger partial charge in [-0.25, -0.2) is 8.78 Å². The summed E-state index contributed by atoms with van der Waals surface area (Å²) in [4.78, 5) is 0. The van der Waals surface area contributed by atoms with E-state index in [-0.39, 0.29) is 27.7 Å². The Morgan fingerprint density at radius 2 is 1.12 bits per heavy atom. The van der Waals surface area contributed by atoms with Gasteiger partial charge in [-0.2, -0.15) is 35.1 Å². The molecule has 13 heteroatoms. The summed E-state index contributed by atoms with van der Waals surface area (Å²) in [5, 5.41) is 9.23. The molecule has 0 aromatic heterocycles. The molecule has 0 radical (unpaired) electrons. The van der Waals surface area contributed by atoms with Crippen molar-refractivity contribution in [2.75, 3.05) is 6.54 Å². The third-order valence-electron chi connectivity index (χ3n) is 3.70. The first-order valence-electron chi connectivity index (χ1n) is 6.53. The van der Waals surface area contributed by atoms with Crippen molar-refractivity contribution in [3.63, 3.8) is 0 Å². The van der Waals surface area contributed by atoms with E-state index in [0.29, 0.717) is 0 Å². The Balaban J connectivity index is 6.29. The summed E-state index contributed by atoms with van der Waals surface area (Å²) in [5.74, 6) is 0. The predicted molar refractivity (Wildman–Crippen MR) is 65.3 cm³/mol. The van der Waals surface area contributed by atoms with Crippen molar-refractivity contribution in [2.24, 2.45) is 5.73 Å². The summed E-state index contributed by atoms with van der Waals surface area (Å²) in [6.45, 7) is -1.93. The van der Waals surface area contributed by atoms with E-state index in [1.54, 1.807) is 0 Å². The van der Waals surface area contributed by atoms with Crippen molar-refractivity contribution in [3.8, 4) is 0 Å². The van der Waals surface area contributed by atoms with Crippen LogP contribution in [0.1, 0.15) is 27.7 Å². The van der Waals surface area contributed by atoms with Crippen LogP contribution in [0, 0.1) is 0 Å². The molecule has 0 aromatic carbocycles. The van der Waals surface area contributed by atoms with Crippen LogP contribution in [0.5, 0.6) is 0 Å². The number of hydrogen-bond donors (Lipinski definition) is 2. The van der Waals surface area contributed by atoms with Gasteiger partial charge in [-0.05, 0) is 27.7 Å². The highest BCUT2D eigenvalue weighted by atomic mass is 19.4. The van der Waals surface area contributed by atoms with Crippen LogP contribution in [0.3, 0.4) is 0 Å². The van der Waals surface area contributed by atoms with E-state index < -0.39 is 47.5 Å². The molecule has 0 fully saturated rings. The zero-order chi connectivity index (χ0) is 20.9. The molecule has 0 aliphatic heterocycles. The van der Waals surface area contributed by atoms with Gasteiger partial charge in [0.15, 0.2) is 0 Å². The second-order valence-electron chi connectivity index (χ2n) is 6.35. The van der Waals surface area contributed by atoms with Crippen LogP contribution in [0.25, 0.3) is 0 Å². The lowest BCUT2D eigenvalue weighted by molar-refractivity contribution is -0.446. The molecule has 0 bridgehead atoms. The molecule has 2 unspecified atom stereocenters. The Kier molecular flexibility index (Phi) is 5.92. The Labute approximate surface area is 136 Å². The molecule has 0 saturated carbocycles. The molecule has 0 aliphatic rings. The topological polar surface area (TPSA) is 55.5 Å². The fraction of sp³-hybridized carbons (Fsp3) is 1.00. The van der Waals surface area contributed by atoms with Crippen LogP contribution in [0.4, 0.5) is 43.9 Å². The lowest BCUT2D eigenvalue weighted by atomic mass is 9.83. The lowest BCUT2D eigenvalue weighted by Crippen LogP contribution is -2.72. The van der Waals surface area contributed by atoms with E-state index in [9.17, 15) is 49.0 Å². The van der Waals surface area contributed by atoms with Crippen LogP contribution in [-0.2, 0) is 4.74 Å². The number of alkyl halides is 10. The Bertz CT molecular complexity index is 466. The fourth-order valence-electron chi connectivity index (χ4n) is 2.04. The highest BCUT2D eigenvalue weighted by Crippen LogP contribution is 2.55. The Morgan fingerprint density at radius 1 is 0.760 bits per heavy atom. The summed E-state index contributed by atoms with van der Waals surface area (Å²) in [5.41, 5.74) is -13.6. The number of halogens is 10. The van der Waals surface area contributed by atoms with E-state index in [4.69, 9.17) is 0 Å². The fourth-order valence-corrected chi connectivity index (χ4v) is 2.04. The lowest BCUT2D eigenvalue weighted by Gasteiger charge is -2.47. The third kappa shape index (κ3) is 3.68. The normalized spacial score (nSPS) is 20.2. The van der Waals surface area contributed by atoms with Crippen LogP contribution in [-0.4, -0.2) is 52.7 Å². The van der Waals surface area contributed by atoms with E-state index in [2.05, 4.69) is 10.5 Å². The van der Waals surface area contributed by atoms with E-state index in [1.165, 1.54) is 0 Å². The number of ether oxygens (including phenoxy) is 1. The Morgan fingerprint density at radius 3 is 1.32 bits per heavy atom. The van der Waals surface area contributed by atoms with Gasteiger partial charge >= 0.3 is 24.1 Å². The summed E-state index contributed by atoms with van der Waals surface area (Å²) in [7, 11) is 0. The number of nitrogens with two attached hydrogens (primary N) is 1. The zero-order valence-corrected chi connectivity index (χ0v) is 13.4. The van der Waals surface area contributed by atoms with Gasteiger partial charge < -0.3 is 15.6 Å². The molecule has 0 spiro atoms. The number of rotatable bonds is 6. The first-order chi connectivity index (χ1) is 10.5. The van der Waals surface area contributed by atoms with Gasteiger partial charge in [-0.1, -0.05) is 0 Å². The van der Waals surface area contributed by atoms with Crippen molar-refractivity contribution in [2.45, 2.75) is 68.7 Å². The van der Waals surface area contributed by atoms with E-state index in [0.717, 1.165) is 0 Å². The minimum absolute atomic E-state index is 0.000146. The molecular formula is C12H17F10NO2. The van der Waals surface area contributed by atoms with Crippen LogP contribution in [0.2, 0.25) is 0 Å². The van der Waals surface area contributed by atoms with Gasteiger partial charge in [0, 0.05) is 6.54 Å². The summed E-state index contributed by atoms with van der Waals surface area (Å²) < 4.78 is 137. The SMILES string of the molecule is CC(C)(O)C(F)(C(F)(F)F)C(F)(F)OC(C)(C)C(F)(CN)C(F)(F)F. The summed E-state index contributed by atoms with van der Waals surface area (Å²) >= 11 is 0. The highest BCUT2D eigenvalue weighted by molar-refractivity contribution is 5.09. The van der Waals surface area contributed by atoms with Gasteiger partial charge in [0.25, 0.3) is 0 Å². The molecule has 152 valence electrons. The van der Waals surface area contributed by atoms with Gasteiger partial charge in [-0.3, -0.25) is 0 Å². The zero-order valence-electron chi connectivity index (χ0n) is 13.4. The van der Waals surface area contributed by atoms with Crippen LogP contribution >= 0.6 is 0 Å². The van der Waals surface area contributed by atoms with Gasteiger partial charge in [0.05, 0.1) is 0 Å². The molecule has 3 nitrogen and oxygen atoms in total. The van der Waals surface area contributed by atoms with Crippen molar-refractivity contribution in [3.05, 3.63) is 0 Å². The van der Waals surface area contributed by atoms with Crippen LogP contribution in [0.15, 0.2) is 0 Å². The first-order valence-corrected chi connectivity index (χ1v) is 6.53. The van der Waals surface area contributed by atoms with E-state index >= 15 is 0 Å². The van der Waals surface area contributed by atoms with Gasteiger partial charge in [0.1, 0.15) is 11.2 Å². The minimum atomic E-state index is -6.48. The first kappa shape index (κ1) is 24.2. The maximum Gasteiger partial charge on any atom is 0.434 e. The molecular weight excluding hydrogens is 380 g/mol. The van der Waals surface area contributed by atoms with Crippen molar-refractivity contribution in [1.29, 1.82) is 0 Å². The average molecular weight is 397 g/mol. The molecule has 0 aromatic rings. The monoisotopic (exact) mass is 397 g/mol. The average Bonchev–Trinajstić information content (AvgIpc) is 2.30. The summed E-state index contributed by atoms with van der Waals surface area (Å²) in [6, 6.07) is 0. The van der Waals surface area contributed by atoms with Gasteiger partial charge in [0.2, 0.25) is 5.67 Å². The molecule has 3 N–H and O–H groups in total. The molecule has 2 atom stereocenters. The van der Waals surface area contributed by atoms with E-state index in [1.807, 2.05) is 0 Å². The molecule has 25 heavy (non-hydrogen) atoms. The predicted octanol–water partition coefficient (Wildman–Crippen LogP) is 3.65. The second kappa shape index (κ2) is 6.12. The van der Waals surface area contributed by atoms with Crippen molar-refractivity contribution >= 4 is 0 Å². The molecule has 0 heterocycles. The molecule has 0 aliphatic carbocycles. The van der Waals surface area contributed by atoms with Crippen LogP contribution < -0.4 is 5.73 Å². The maximum atomic E-state index is 14.2. The van der Waals surface area contributed by atoms with Crippen molar-refractivity contribution < 1.29 is 53.7 Å². The smallest absolute Gasteiger partial charge is 0.386 e. The maximum absolute atomic E-state index is 14.2. The molecule has 0 rings (SSSR count). The minimum Gasteiger partial charge on any atom is -0.386 e. The number of hydrogen-bond acceptors (Lipinski definition) is 3. The third-order valence-corrected chi connectivity index (χ3v) is 3.70. The van der Waals surface area contributed by atoms with Crippen molar-refractivity contribution in [1.82, 2.24) is 0 Å². The standard InChI is InChI=1S/C12H17F10NO2/c1-6(2,24)9(14,11(18,19)20)12(21,22)25-7(3,4)8(13,5-23)10(15,16)17/h24H,5,23H2,1-4H3. The summed E-state index contributed by atoms with van der Waals surface area (Å²) in [6.07, 6.45) is -18.5.